The molecule has 4 aliphatic carbocycles. The van der Waals surface area contributed by atoms with Crippen LogP contribution in [0.15, 0.2) is 0 Å². The van der Waals surface area contributed by atoms with Gasteiger partial charge in [-0.25, -0.2) is 0 Å². The number of hydrogen-bond donors (Lipinski definition) is 0. The highest BCUT2D eigenvalue weighted by Crippen LogP contribution is 2.69. The molecule has 0 aromatic heterocycles. The van der Waals surface area contributed by atoms with E-state index < -0.39 is 0 Å². The highest BCUT2D eigenvalue weighted by Gasteiger charge is 2.72. The van der Waals surface area contributed by atoms with Gasteiger partial charge in [0.05, 0.1) is 12.5 Å². The van der Waals surface area contributed by atoms with Crippen LogP contribution < -0.4 is 0 Å². The van der Waals surface area contributed by atoms with Gasteiger partial charge >= 0.3 is 5.97 Å². The van der Waals surface area contributed by atoms with E-state index in [2.05, 4.69) is 27.7 Å². The van der Waals surface area contributed by atoms with Gasteiger partial charge in [0.25, 0.3) is 0 Å². The summed E-state index contributed by atoms with van der Waals surface area (Å²) in [5, 5.41) is 0. The van der Waals surface area contributed by atoms with Gasteiger partial charge in [0.2, 0.25) is 0 Å². The number of rotatable bonds is 7. The highest BCUT2D eigenvalue weighted by molar-refractivity contribution is 5.87. The monoisotopic (exact) mass is 404 g/mol. The van der Waals surface area contributed by atoms with Crippen LogP contribution in [0.2, 0.25) is 0 Å². The average molecular weight is 405 g/mol. The number of ketones is 1. The number of esters is 1. The Hall–Kier alpha value is -0.980. The van der Waals surface area contributed by atoms with Crippen LogP contribution in [-0.2, 0) is 28.5 Å². The van der Waals surface area contributed by atoms with Crippen molar-refractivity contribution in [2.45, 2.75) is 78.0 Å². The molecule has 2 heterocycles. The molecular weight excluding hydrogens is 372 g/mol. The van der Waals surface area contributed by atoms with E-state index in [9.17, 15) is 9.59 Å². The van der Waals surface area contributed by atoms with Gasteiger partial charge in [-0.1, -0.05) is 27.7 Å². The summed E-state index contributed by atoms with van der Waals surface area (Å²) in [4.78, 5) is 24.8. The Bertz CT molecular complexity index is 759. The molecule has 0 aromatic carbocycles. The van der Waals surface area contributed by atoms with Gasteiger partial charge in [-0.2, -0.15) is 0 Å². The molecule has 29 heavy (non-hydrogen) atoms. The molecule has 160 valence electrons. The standard InChI is InChI=1S/C23H32O6/c1-21(2)17(22(21,3)4)14(24)9-26-10-15-20(27-15)28-16-12-5-11-6-13-19(25)29-18(16)23(13,7-11)8-12/h11-13,15-18,20H,5-10H2,1-4H3. The SMILES string of the molecule is CC1(C)C(C(=O)COCC2OC2OC2C3CC4CC5C(=O)OC2C5(C4)C3)C1(C)C. The van der Waals surface area contributed by atoms with Crippen LogP contribution in [0.25, 0.3) is 0 Å². The first-order valence-corrected chi connectivity index (χ1v) is 11.3. The molecule has 0 radical (unpaired) electrons. The van der Waals surface area contributed by atoms with Crippen LogP contribution in [0, 0.1) is 39.9 Å². The maximum absolute atomic E-state index is 12.5. The molecule has 2 aliphatic heterocycles. The predicted molar refractivity (Wildman–Crippen MR) is 102 cm³/mol. The number of epoxide rings is 1. The van der Waals surface area contributed by atoms with E-state index in [1.807, 2.05) is 0 Å². The van der Waals surface area contributed by atoms with Crippen molar-refractivity contribution in [1.29, 1.82) is 0 Å². The number of carbonyl (C=O) groups excluding carboxylic acids is 2. The molecule has 8 unspecified atom stereocenters. The maximum Gasteiger partial charge on any atom is 0.310 e. The lowest BCUT2D eigenvalue weighted by Crippen LogP contribution is -2.36. The molecule has 1 spiro atoms. The molecule has 0 amide bonds. The van der Waals surface area contributed by atoms with Gasteiger partial charge in [-0.15, -0.1) is 0 Å². The average Bonchev–Trinajstić information content (AvgIpc) is 3.34. The third-order valence-corrected chi connectivity index (χ3v) is 9.76. The molecule has 3 bridgehead atoms. The topological polar surface area (TPSA) is 74.4 Å². The van der Waals surface area contributed by atoms with Gasteiger partial charge in [0.15, 0.2) is 12.1 Å². The summed E-state index contributed by atoms with van der Waals surface area (Å²) >= 11 is 0. The van der Waals surface area contributed by atoms with Crippen molar-refractivity contribution in [2.75, 3.05) is 13.2 Å². The Kier molecular flexibility index (Phi) is 3.64. The smallest absolute Gasteiger partial charge is 0.310 e. The summed E-state index contributed by atoms with van der Waals surface area (Å²) < 4.78 is 23.5. The lowest BCUT2D eigenvalue weighted by molar-refractivity contribution is -0.153. The summed E-state index contributed by atoms with van der Waals surface area (Å²) in [6.45, 7) is 9.11. The Morgan fingerprint density at radius 3 is 2.62 bits per heavy atom. The second kappa shape index (κ2) is 5.63. The first kappa shape index (κ1) is 18.8. The van der Waals surface area contributed by atoms with Gasteiger partial charge in [-0.3, -0.25) is 9.59 Å². The molecule has 2 saturated heterocycles. The third kappa shape index (κ3) is 2.40. The Balaban J connectivity index is 1.01. The molecule has 6 nitrogen and oxygen atoms in total. The van der Waals surface area contributed by atoms with E-state index in [4.69, 9.17) is 18.9 Å². The number of fused-ring (bicyclic) bond motifs is 2. The van der Waals surface area contributed by atoms with Crippen LogP contribution in [0.4, 0.5) is 0 Å². The lowest BCUT2D eigenvalue weighted by Gasteiger charge is -2.28. The molecule has 6 aliphatic rings. The lowest BCUT2D eigenvalue weighted by atomic mass is 9.73. The fourth-order valence-corrected chi connectivity index (χ4v) is 7.78. The predicted octanol–water partition coefficient (Wildman–Crippen LogP) is 2.73. The second-order valence-corrected chi connectivity index (χ2v) is 11.7. The van der Waals surface area contributed by atoms with Crippen LogP contribution >= 0.6 is 0 Å². The normalized spacial score (nSPS) is 49.9. The van der Waals surface area contributed by atoms with E-state index in [0.717, 1.165) is 25.7 Å². The molecule has 8 atom stereocenters. The largest absolute Gasteiger partial charge is 0.459 e. The van der Waals surface area contributed by atoms with Crippen LogP contribution in [0.3, 0.4) is 0 Å². The minimum Gasteiger partial charge on any atom is -0.459 e. The van der Waals surface area contributed by atoms with E-state index in [1.54, 1.807) is 0 Å². The number of ether oxygens (including phenoxy) is 4. The minimum absolute atomic E-state index is 0.00696. The zero-order valence-corrected chi connectivity index (χ0v) is 17.8. The van der Waals surface area contributed by atoms with Gasteiger partial charge in [0.1, 0.15) is 24.9 Å². The van der Waals surface area contributed by atoms with Crippen molar-refractivity contribution in [3.8, 4) is 0 Å². The molecule has 0 aromatic rings. The number of carbonyl (C=O) groups is 2. The second-order valence-electron chi connectivity index (χ2n) is 11.7. The van der Waals surface area contributed by atoms with E-state index in [1.165, 1.54) is 0 Å². The van der Waals surface area contributed by atoms with Crippen LogP contribution in [0.1, 0.15) is 53.4 Å². The fraction of sp³-hybridized carbons (Fsp3) is 0.913. The Morgan fingerprint density at radius 2 is 1.90 bits per heavy atom. The first-order valence-electron chi connectivity index (χ1n) is 11.3. The van der Waals surface area contributed by atoms with Gasteiger partial charge < -0.3 is 18.9 Å². The maximum atomic E-state index is 12.5. The zero-order chi connectivity index (χ0) is 20.3. The summed E-state index contributed by atoms with van der Waals surface area (Å²) in [5.41, 5.74) is 0.127. The Morgan fingerprint density at radius 1 is 1.14 bits per heavy atom. The summed E-state index contributed by atoms with van der Waals surface area (Å²) in [6.07, 6.45) is 3.79. The molecule has 6 rings (SSSR count). The number of Topliss-reactive ketones (excluding diaryl/α,β-unsaturated/α-hetero) is 1. The molecule has 6 fully saturated rings. The summed E-state index contributed by atoms with van der Waals surface area (Å²) in [6, 6.07) is 0. The van der Waals surface area contributed by atoms with Crippen LogP contribution in [-0.4, -0.2) is 49.6 Å². The summed E-state index contributed by atoms with van der Waals surface area (Å²) in [5.74, 6) is 1.47. The highest BCUT2D eigenvalue weighted by atomic mass is 16.8. The minimum atomic E-state index is -0.295. The van der Waals surface area contributed by atoms with Crippen LogP contribution in [0.5, 0.6) is 0 Å². The van der Waals surface area contributed by atoms with E-state index >= 15 is 0 Å². The quantitative estimate of drug-likeness (QED) is 0.480. The zero-order valence-electron chi connectivity index (χ0n) is 17.8. The van der Waals surface area contributed by atoms with Crippen molar-refractivity contribution < 1.29 is 28.5 Å². The molecule has 4 saturated carbocycles. The third-order valence-electron chi connectivity index (χ3n) is 9.76. The molecule has 6 heteroatoms. The van der Waals surface area contributed by atoms with Gasteiger partial charge in [0, 0.05) is 11.3 Å². The van der Waals surface area contributed by atoms with Crippen molar-refractivity contribution in [1.82, 2.24) is 0 Å². The Labute approximate surface area is 172 Å². The van der Waals surface area contributed by atoms with Crippen molar-refractivity contribution in [3.63, 3.8) is 0 Å². The first-order chi connectivity index (χ1) is 13.6. The van der Waals surface area contributed by atoms with Crippen molar-refractivity contribution >= 4 is 11.8 Å². The molecular formula is C23H32O6. The van der Waals surface area contributed by atoms with Crippen molar-refractivity contribution in [3.05, 3.63) is 0 Å². The number of hydrogen-bond acceptors (Lipinski definition) is 6. The van der Waals surface area contributed by atoms with E-state index in [-0.39, 0.29) is 71.0 Å². The molecule has 0 N–H and O–H groups in total. The summed E-state index contributed by atoms with van der Waals surface area (Å²) in [7, 11) is 0. The van der Waals surface area contributed by atoms with E-state index in [0.29, 0.717) is 18.4 Å². The van der Waals surface area contributed by atoms with Gasteiger partial charge in [-0.05, 0) is 48.3 Å². The van der Waals surface area contributed by atoms with Crippen molar-refractivity contribution in [2.24, 2.45) is 39.9 Å². The fourth-order valence-electron chi connectivity index (χ4n) is 7.78.